The van der Waals surface area contributed by atoms with Crippen LogP contribution in [0.3, 0.4) is 0 Å². The number of benzene rings is 1. The first-order valence-corrected chi connectivity index (χ1v) is 7.51. The first kappa shape index (κ1) is 15.1. The van der Waals surface area contributed by atoms with E-state index in [9.17, 15) is 5.11 Å². The largest absolute Gasteiger partial charge is 0.385 e. The smallest absolute Gasteiger partial charge is 0.0951 e. The summed E-state index contributed by atoms with van der Waals surface area (Å²) in [5.74, 6) is 0.218. The molecular formula is C15H21Cl2NO. The molecule has 2 rings (SSSR count). The van der Waals surface area contributed by atoms with Crippen molar-refractivity contribution in [3.63, 3.8) is 0 Å². The van der Waals surface area contributed by atoms with Gasteiger partial charge in [0.1, 0.15) is 0 Å². The maximum atomic E-state index is 11.2. The van der Waals surface area contributed by atoms with E-state index in [-0.39, 0.29) is 5.92 Å². The van der Waals surface area contributed by atoms with Crippen LogP contribution in [0.2, 0.25) is 10.0 Å². The summed E-state index contributed by atoms with van der Waals surface area (Å²) in [7, 11) is 4.08. The van der Waals surface area contributed by atoms with Gasteiger partial charge in [0.05, 0.1) is 5.60 Å². The summed E-state index contributed by atoms with van der Waals surface area (Å²) in [5, 5.41) is 12.3. The fourth-order valence-electron chi connectivity index (χ4n) is 3.11. The summed E-state index contributed by atoms with van der Waals surface area (Å²) < 4.78 is 0. The fraction of sp³-hybridized carbons (Fsp3) is 0.600. The van der Waals surface area contributed by atoms with Crippen molar-refractivity contribution in [3.05, 3.63) is 33.8 Å². The van der Waals surface area contributed by atoms with E-state index in [0.29, 0.717) is 10.0 Å². The van der Waals surface area contributed by atoms with Crippen LogP contribution in [0, 0.1) is 5.92 Å². The van der Waals surface area contributed by atoms with Gasteiger partial charge in [0.15, 0.2) is 0 Å². The van der Waals surface area contributed by atoms with E-state index in [1.807, 2.05) is 26.2 Å². The third kappa shape index (κ3) is 3.25. The average molecular weight is 302 g/mol. The van der Waals surface area contributed by atoms with E-state index in [2.05, 4.69) is 4.90 Å². The van der Waals surface area contributed by atoms with E-state index >= 15 is 0 Å². The molecule has 2 atom stereocenters. The van der Waals surface area contributed by atoms with Crippen molar-refractivity contribution < 1.29 is 5.11 Å². The molecule has 2 unspecified atom stereocenters. The zero-order chi connectivity index (χ0) is 14.0. The highest BCUT2D eigenvalue weighted by Gasteiger charge is 2.41. The van der Waals surface area contributed by atoms with E-state index in [4.69, 9.17) is 23.2 Å². The molecule has 0 aromatic heterocycles. The van der Waals surface area contributed by atoms with Crippen molar-refractivity contribution >= 4 is 23.2 Å². The van der Waals surface area contributed by atoms with Gasteiger partial charge in [-0.25, -0.2) is 0 Å². The zero-order valence-corrected chi connectivity index (χ0v) is 13.0. The van der Waals surface area contributed by atoms with Crippen molar-refractivity contribution in [2.75, 3.05) is 20.6 Å². The van der Waals surface area contributed by atoms with E-state index in [1.165, 1.54) is 6.42 Å². The number of rotatable bonds is 3. The van der Waals surface area contributed by atoms with Crippen LogP contribution in [-0.2, 0) is 5.60 Å². The molecule has 1 aromatic carbocycles. The second-order valence-electron chi connectivity index (χ2n) is 5.75. The highest BCUT2D eigenvalue weighted by molar-refractivity contribution is 6.35. The molecule has 106 valence electrons. The number of nitrogens with zero attached hydrogens (tertiary/aromatic N) is 1. The fourth-order valence-corrected chi connectivity index (χ4v) is 3.68. The Morgan fingerprint density at radius 1 is 1.32 bits per heavy atom. The predicted molar refractivity (Wildman–Crippen MR) is 80.9 cm³/mol. The Labute approximate surface area is 125 Å². The summed E-state index contributed by atoms with van der Waals surface area (Å²) >= 11 is 12.2. The lowest BCUT2D eigenvalue weighted by atomic mass is 9.71. The molecule has 0 amide bonds. The number of hydrogen-bond donors (Lipinski definition) is 1. The highest BCUT2D eigenvalue weighted by atomic mass is 35.5. The molecule has 0 spiro atoms. The topological polar surface area (TPSA) is 23.5 Å². The summed E-state index contributed by atoms with van der Waals surface area (Å²) in [5.41, 5.74) is -0.00499. The molecule has 0 bridgehead atoms. The van der Waals surface area contributed by atoms with E-state index in [0.717, 1.165) is 31.4 Å². The molecular weight excluding hydrogens is 281 g/mol. The standard InChI is InChI=1S/C15H21Cl2NO/c1-18(2)10-11-5-3-4-8-15(11,19)13-7-6-12(16)9-14(13)17/h6-7,9,11,19H,3-5,8,10H2,1-2H3. The summed E-state index contributed by atoms with van der Waals surface area (Å²) in [4.78, 5) is 2.13. The lowest BCUT2D eigenvalue weighted by Gasteiger charge is -2.42. The molecule has 2 nitrogen and oxygen atoms in total. The maximum absolute atomic E-state index is 11.2. The molecule has 1 aliphatic rings. The van der Waals surface area contributed by atoms with E-state index in [1.54, 1.807) is 6.07 Å². The summed E-state index contributed by atoms with van der Waals surface area (Å²) in [6.45, 7) is 0.870. The highest BCUT2D eigenvalue weighted by Crippen LogP contribution is 2.44. The Bertz CT molecular complexity index is 450. The van der Waals surface area contributed by atoms with Crippen LogP contribution >= 0.6 is 23.2 Å². The minimum absolute atomic E-state index is 0.218. The van der Waals surface area contributed by atoms with Crippen molar-refractivity contribution in [1.29, 1.82) is 0 Å². The Kier molecular flexibility index (Phi) is 4.78. The van der Waals surface area contributed by atoms with Gasteiger partial charge in [-0.2, -0.15) is 0 Å². The lowest BCUT2D eigenvalue weighted by molar-refractivity contribution is -0.0617. The van der Waals surface area contributed by atoms with Crippen LogP contribution in [-0.4, -0.2) is 30.6 Å². The van der Waals surface area contributed by atoms with Gasteiger partial charge in [-0.1, -0.05) is 42.1 Å². The van der Waals surface area contributed by atoms with Crippen molar-refractivity contribution in [3.8, 4) is 0 Å². The minimum Gasteiger partial charge on any atom is -0.385 e. The zero-order valence-electron chi connectivity index (χ0n) is 11.5. The van der Waals surface area contributed by atoms with Gasteiger partial charge in [0, 0.05) is 28.1 Å². The normalized spacial score (nSPS) is 27.8. The Hall–Kier alpha value is -0.280. The molecule has 19 heavy (non-hydrogen) atoms. The van der Waals surface area contributed by atoms with Crippen molar-refractivity contribution in [2.24, 2.45) is 5.92 Å². The van der Waals surface area contributed by atoms with Crippen LogP contribution in [0.25, 0.3) is 0 Å². The molecule has 1 N–H and O–H groups in total. The minimum atomic E-state index is -0.829. The molecule has 0 radical (unpaired) electrons. The van der Waals surface area contributed by atoms with Gasteiger partial charge in [0.25, 0.3) is 0 Å². The Morgan fingerprint density at radius 2 is 2.05 bits per heavy atom. The van der Waals surface area contributed by atoms with Crippen LogP contribution in [0.5, 0.6) is 0 Å². The SMILES string of the molecule is CN(C)CC1CCCCC1(O)c1ccc(Cl)cc1Cl. The molecule has 0 saturated heterocycles. The van der Waals surface area contributed by atoms with Gasteiger partial charge in [-0.15, -0.1) is 0 Å². The quantitative estimate of drug-likeness (QED) is 0.914. The monoisotopic (exact) mass is 301 g/mol. The Morgan fingerprint density at radius 3 is 2.68 bits per heavy atom. The van der Waals surface area contributed by atoms with Gasteiger partial charge >= 0.3 is 0 Å². The number of aliphatic hydroxyl groups is 1. The lowest BCUT2D eigenvalue weighted by Crippen LogP contribution is -2.43. The molecule has 0 heterocycles. The second-order valence-corrected chi connectivity index (χ2v) is 6.60. The first-order chi connectivity index (χ1) is 8.93. The Balaban J connectivity index is 2.36. The maximum Gasteiger partial charge on any atom is 0.0951 e. The summed E-state index contributed by atoms with van der Waals surface area (Å²) in [6, 6.07) is 5.40. The molecule has 4 heteroatoms. The van der Waals surface area contributed by atoms with Gasteiger partial charge < -0.3 is 10.0 Å². The third-order valence-electron chi connectivity index (χ3n) is 4.02. The van der Waals surface area contributed by atoms with Gasteiger partial charge in [0.2, 0.25) is 0 Å². The van der Waals surface area contributed by atoms with Gasteiger partial charge in [-0.05, 0) is 39.1 Å². The van der Waals surface area contributed by atoms with Crippen LogP contribution in [0.15, 0.2) is 18.2 Å². The molecule has 1 saturated carbocycles. The third-order valence-corrected chi connectivity index (χ3v) is 4.57. The molecule has 1 fully saturated rings. The van der Waals surface area contributed by atoms with Crippen molar-refractivity contribution in [1.82, 2.24) is 4.90 Å². The average Bonchev–Trinajstić information content (AvgIpc) is 2.31. The second kappa shape index (κ2) is 6.01. The summed E-state index contributed by atoms with van der Waals surface area (Å²) in [6.07, 6.45) is 4.02. The van der Waals surface area contributed by atoms with E-state index < -0.39 is 5.60 Å². The molecule has 0 aliphatic heterocycles. The van der Waals surface area contributed by atoms with Crippen molar-refractivity contribution in [2.45, 2.75) is 31.3 Å². The number of hydrogen-bond acceptors (Lipinski definition) is 2. The van der Waals surface area contributed by atoms with Crippen LogP contribution in [0.4, 0.5) is 0 Å². The van der Waals surface area contributed by atoms with Crippen LogP contribution in [0.1, 0.15) is 31.2 Å². The predicted octanol–water partition coefficient (Wildman–Crippen LogP) is 3.93. The van der Waals surface area contributed by atoms with Gasteiger partial charge in [-0.3, -0.25) is 0 Å². The first-order valence-electron chi connectivity index (χ1n) is 6.76. The molecule has 1 aromatic rings. The van der Waals surface area contributed by atoms with Crippen LogP contribution < -0.4 is 0 Å². The molecule has 1 aliphatic carbocycles. The number of halogens is 2.